The summed E-state index contributed by atoms with van der Waals surface area (Å²) in [6.07, 6.45) is 46.3. The van der Waals surface area contributed by atoms with Crippen LogP contribution in [0.3, 0.4) is 0 Å². The minimum absolute atomic E-state index is 0.126. The minimum atomic E-state index is -4.77. The summed E-state index contributed by atoms with van der Waals surface area (Å²) in [7, 11) is -4.77. The molecule has 0 aliphatic heterocycles. The quantitative estimate of drug-likeness (QED) is 0.0292. The molecule has 0 unspecified atom stereocenters. The maximum atomic E-state index is 12.3. The fraction of sp³-hybridized carbons (Fsp3) is 0.659. The second kappa shape index (κ2) is 36.3. The highest BCUT2D eigenvalue weighted by molar-refractivity contribution is 7.46. The number of carbonyl (C=O) groups is 2. The third kappa shape index (κ3) is 38.3. The summed E-state index contributed by atoms with van der Waals surface area (Å²) in [6.45, 7) is 3.49. The lowest BCUT2D eigenvalue weighted by Crippen LogP contribution is -2.29. The molecule has 0 saturated heterocycles. The molecular weight excluding hydrogens is 651 g/mol. The van der Waals surface area contributed by atoms with Gasteiger partial charge in [0.25, 0.3) is 0 Å². The van der Waals surface area contributed by atoms with Crippen LogP contribution < -0.4 is 0 Å². The van der Waals surface area contributed by atoms with Crippen LogP contribution in [-0.2, 0) is 28.2 Å². The number of esters is 2. The van der Waals surface area contributed by atoms with Crippen molar-refractivity contribution in [1.29, 1.82) is 0 Å². The SMILES string of the molecule is CC/C=C/C/C=C/C/C=C/C/C=C/C/C=C/CCCC(=O)O[C@H](COC(=O)CCCC/C=C/CCCCCCCCCCC)COP(=O)(O)O. The molecule has 0 saturated carbocycles. The van der Waals surface area contributed by atoms with E-state index in [4.69, 9.17) is 19.3 Å². The molecule has 50 heavy (non-hydrogen) atoms. The fourth-order valence-corrected chi connectivity index (χ4v) is 5.23. The van der Waals surface area contributed by atoms with Gasteiger partial charge in [-0.2, -0.15) is 0 Å². The van der Waals surface area contributed by atoms with Crippen molar-refractivity contribution < 1.29 is 37.9 Å². The maximum Gasteiger partial charge on any atom is 0.469 e. The van der Waals surface area contributed by atoms with Crippen molar-refractivity contribution in [3.8, 4) is 0 Å². The van der Waals surface area contributed by atoms with E-state index >= 15 is 0 Å². The number of rotatable bonds is 34. The standard InChI is InChI=1S/C41H69O8P/c1-3-5-7-9-11-13-15-17-19-20-22-24-26-28-30-32-34-36-41(43)49-39(38-48-50(44,45)46)37-47-40(42)35-33-31-29-27-25-23-21-18-16-14-12-10-8-6-4-2/h5,7,11,13,17,19,22,24-25,27-28,30,39H,3-4,6,8-10,12,14-16,18,20-21,23,26,29,31-38H2,1-2H3,(H2,44,45,46)/b7-5+,13-11+,19-17+,24-22+,27-25+,30-28+/t39-/m1/s1. The summed E-state index contributed by atoms with van der Waals surface area (Å²) in [5.41, 5.74) is 0. The molecule has 0 heterocycles. The van der Waals surface area contributed by atoms with Crippen LogP contribution in [0.4, 0.5) is 0 Å². The lowest BCUT2D eigenvalue weighted by molar-refractivity contribution is -0.161. The van der Waals surface area contributed by atoms with Gasteiger partial charge in [-0.1, -0.05) is 138 Å². The van der Waals surface area contributed by atoms with Crippen molar-refractivity contribution in [2.75, 3.05) is 13.2 Å². The Hall–Kier alpha value is -2.51. The van der Waals surface area contributed by atoms with Crippen LogP contribution in [0.25, 0.3) is 0 Å². The Morgan fingerprint density at radius 2 is 0.980 bits per heavy atom. The zero-order chi connectivity index (χ0) is 36.8. The van der Waals surface area contributed by atoms with Crippen LogP contribution in [0.1, 0.15) is 155 Å². The summed E-state index contributed by atoms with van der Waals surface area (Å²) in [4.78, 5) is 42.7. The molecule has 0 aromatic carbocycles. The molecule has 1 atom stereocenters. The average Bonchev–Trinajstić information content (AvgIpc) is 3.08. The normalized spacial score (nSPS) is 13.3. The van der Waals surface area contributed by atoms with Crippen LogP contribution in [-0.4, -0.2) is 41.0 Å². The predicted molar refractivity (Wildman–Crippen MR) is 207 cm³/mol. The Morgan fingerprint density at radius 3 is 1.52 bits per heavy atom. The molecule has 0 amide bonds. The van der Waals surface area contributed by atoms with Crippen LogP contribution in [0.5, 0.6) is 0 Å². The van der Waals surface area contributed by atoms with E-state index in [-0.39, 0.29) is 19.4 Å². The summed E-state index contributed by atoms with van der Waals surface area (Å²) in [5.74, 6) is -0.985. The van der Waals surface area contributed by atoms with Gasteiger partial charge in [0.2, 0.25) is 0 Å². The molecule has 0 aliphatic carbocycles. The van der Waals surface area contributed by atoms with Crippen LogP contribution in [0.2, 0.25) is 0 Å². The van der Waals surface area contributed by atoms with E-state index in [2.05, 4.69) is 79.1 Å². The smallest absolute Gasteiger partial charge is 0.462 e. The number of ether oxygens (including phenoxy) is 2. The second-order valence-electron chi connectivity index (χ2n) is 12.5. The highest BCUT2D eigenvalue weighted by atomic mass is 31.2. The Bertz CT molecular complexity index is 1040. The third-order valence-electron chi connectivity index (χ3n) is 7.71. The molecule has 0 spiro atoms. The van der Waals surface area contributed by atoms with E-state index in [9.17, 15) is 14.2 Å². The molecule has 0 rings (SSSR count). The summed E-state index contributed by atoms with van der Waals surface area (Å²) in [6, 6.07) is 0. The second-order valence-corrected chi connectivity index (χ2v) is 13.8. The number of phosphoric acid groups is 1. The van der Waals surface area contributed by atoms with Gasteiger partial charge in [0.1, 0.15) is 6.61 Å². The zero-order valence-electron chi connectivity index (χ0n) is 31.3. The third-order valence-corrected chi connectivity index (χ3v) is 8.19. The molecule has 0 fully saturated rings. The van der Waals surface area contributed by atoms with Crippen molar-refractivity contribution in [2.24, 2.45) is 0 Å². The monoisotopic (exact) mass is 720 g/mol. The van der Waals surface area contributed by atoms with E-state index in [1.807, 2.05) is 12.2 Å². The van der Waals surface area contributed by atoms with Gasteiger partial charge in [0.15, 0.2) is 6.10 Å². The first kappa shape index (κ1) is 47.5. The molecule has 2 N–H and O–H groups in total. The van der Waals surface area contributed by atoms with Gasteiger partial charge in [-0.3, -0.25) is 14.1 Å². The number of hydrogen-bond donors (Lipinski definition) is 2. The van der Waals surface area contributed by atoms with Gasteiger partial charge in [0.05, 0.1) is 6.61 Å². The first-order valence-corrected chi connectivity index (χ1v) is 20.8. The van der Waals surface area contributed by atoms with E-state index in [0.717, 1.165) is 51.4 Å². The lowest BCUT2D eigenvalue weighted by Gasteiger charge is -2.18. The molecule has 0 radical (unpaired) electrons. The summed E-state index contributed by atoms with van der Waals surface area (Å²) < 4.78 is 26.2. The Morgan fingerprint density at radius 1 is 0.540 bits per heavy atom. The fourth-order valence-electron chi connectivity index (χ4n) is 4.87. The highest BCUT2D eigenvalue weighted by Gasteiger charge is 2.22. The number of carbonyl (C=O) groups excluding carboxylic acids is 2. The molecule has 0 aromatic heterocycles. The predicted octanol–water partition coefficient (Wildman–Crippen LogP) is 11.5. The highest BCUT2D eigenvalue weighted by Crippen LogP contribution is 2.35. The van der Waals surface area contributed by atoms with E-state index in [1.54, 1.807) is 0 Å². The largest absolute Gasteiger partial charge is 0.469 e. The summed E-state index contributed by atoms with van der Waals surface area (Å²) >= 11 is 0. The topological polar surface area (TPSA) is 119 Å². The zero-order valence-corrected chi connectivity index (χ0v) is 32.2. The van der Waals surface area contributed by atoms with Crippen molar-refractivity contribution in [3.05, 3.63) is 72.9 Å². The van der Waals surface area contributed by atoms with E-state index in [1.165, 1.54) is 57.8 Å². The first-order chi connectivity index (χ1) is 24.3. The van der Waals surface area contributed by atoms with Gasteiger partial charge in [-0.25, -0.2) is 4.57 Å². The van der Waals surface area contributed by atoms with Crippen molar-refractivity contribution >= 4 is 19.8 Å². The van der Waals surface area contributed by atoms with E-state index < -0.39 is 32.5 Å². The molecule has 286 valence electrons. The molecule has 8 nitrogen and oxygen atoms in total. The summed E-state index contributed by atoms with van der Waals surface area (Å²) in [5, 5.41) is 0. The minimum Gasteiger partial charge on any atom is -0.462 e. The number of hydrogen-bond acceptors (Lipinski definition) is 6. The number of phosphoric ester groups is 1. The van der Waals surface area contributed by atoms with Crippen LogP contribution in [0, 0.1) is 0 Å². The van der Waals surface area contributed by atoms with Crippen molar-refractivity contribution in [3.63, 3.8) is 0 Å². The molecule has 0 bridgehead atoms. The molecular formula is C41H69O8P. The van der Waals surface area contributed by atoms with Gasteiger partial charge in [-0.15, -0.1) is 0 Å². The van der Waals surface area contributed by atoms with Crippen molar-refractivity contribution in [2.45, 2.75) is 161 Å². The Kier molecular flexibility index (Phi) is 34.5. The van der Waals surface area contributed by atoms with Crippen molar-refractivity contribution in [1.82, 2.24) is 0 Å². The van der Waals surface area contributed by atoms with Crippen LogP contribution in [0.15, 0.2) is 72.9 Å². The average molecular weight is 721 g/mol. The lowest BCUT2D eigenvalue weighted by atomic mass is 10.1. The first-order valence-electron chi connectivity index (χ1n) is 19.2. The van der Waals surface area contributed by atoms with E-state index in [0.29, 0.717) is 19.3 Å². The Balaban J connectivity index is 4.11. The van der Waals surface area contributed by atoms with Gasteiger partial charge < -0.3 is 19.3 Å². The van der Waals surface area contributed by atoms with Crippen LogP contribution >= 0.6 is 7.82 Å². The van der Waals surface area contributed by atoms with Gasteiger partial charge in [0, 0.05) is 12.8 Å². The van der Waals surface area contributed by atoms with Gasteiger partial charge in [-0.05, 0) is 77.0 Å². The molecule has 0 aromatic rings. The molecule has 9 heteroatoms. The maximum absolute atomic E-state index is 12.3. The number of unbranched alkanes of at least 4 members (excludes halogenated alkanes) is 12. The molecule has 0 aliphatic rings. The number of allylic oxidation sites excluding steroid dienone is 12. The van der Waals surface area contributed by atoms with Gasteiger partial charge >= 0.3 is 19.8 Å². The Labute approximate surface area is 304 Å².